The number of thiol groups is 2. The van der Waals surface area contributed by atoms with Crippen molar-refractivity contribution in [2.75, 3.05) is 19.8 Å². The van der Waals surface area contributed by atoms with Crippen molar-refractivity contribution in [1.29, 1.82) is 0 Å². The lowest BCUT2D eigenvalue weighted by molar-refractivity contribution is -0.111. The van der Waals surface area contributed by atoms with E-state index in [4.69, 9.17) is 0 Å². The van der Waals surface area contributed by atoms with Gasteiger partial charge < -0.3 is 9.80 Å². The van der Waals surface area contributed by atoms with E-state index in [1.54, 1.807) is 0 Å². The minimum absolute atomic E-state index is 0.0303. The minimum atomic E-state index is -0.0303. The molecule has 0 aromatic heterocycles. The van der Waals surface area contributed by atoms with Gasteiger partial charge in [0.2, 0.25) is 0 Å². The molecule has 0 amide bonds. The van der Waals surface area contributed by atoms with Crippen molar-refractivity contribution in [1.82, 2.24) is 9.80 Å². The molecule has 0 spiro atoms. The fourth-order valence-electron chi connectivity index (χ4n) is 1.99. The maximum Gasteiger partial charge on any atom is 0.185 e. The van der Waals surface area contributed by atoms with Crippen molar-refractivity contribution < 1.29 is 9.59 Å². The molecule has 1 heterocycles. The first-order valence-corrected chi connectivity index (χ1v) is 7.57. The van der Waals surface area contributed by atoms with Crippen molar-refractivity contribution in [2.24, 2.45) is 0 Å². The van der Waals surface area contributed by atoms with Crippen LogP contribution in [-0.2, 0) is 9.59 Å². The summed E-state index contributed by atoms with van der Waals surface area (Å²) in [5, 5.41) is -0.0605. The molecule has 0 radical (unpaired) electrons. The Hall–Kier alpha value is -0.620. The fourth-order valence-corrected chi connectivity index (χ4v) is 2.31. The van der Waals surface area contributed by atoms with Gasteiger partial charge >= 0.3 is 0 Å². The lowest BCUT2D eigenvalue weighted by atomic mass is 10.2. The summed E-state index contributed by atoms with van der Waals surface area (Å²) in [6.45, 7) is 2.86. The summed E-state index contributed by atoms with van der Waals surface area (Å²) in [5.74, 6) is 0. The number of carbonyl (C=O) groups excluding carboxylic acids is 2. The molecule has 0 saturated carbocycles. The highest BCUT2D eigenvalue weighted by Gasteiger charge is 2.11. The second kappa shape index (κ2) is 9.31. The summed E-state index contributed by atoms with van der Waals surface area (Å²) in [6.07, 6.45) is 9.12. The van der Waals surface area contributed by atoms with E-state index >= 15 is 0 Å². The number of hydrogen-bond donors (Lipinski definition) is 2. The van der Waals surface area contributed by atoms with E-state index in [9.17, 15) is 9.59 Å². The van der Waals surface area contributed by atoms with E-state index in [0.29, 0.717) is 12.8 Å². The SMILES string of the molecule is O=C(S)CCCCN1C=CN(CCCCC(=O)S)C1. The Kier molecular flexibility index (Phi) is 8.05. The molecule has 0 aromatic carbocycles. The minimum Gasteiger partial charge on any atom is -0.359 e. The standard InChI is InChI=1S/C13H22N2O2S2/c16-12(18)5-1-3-7-14-9-10-15(11-14)8-4-2-6-13(17)19/h9-10H,1-8,11H2,(H,16,18)(H,17,19). The van der Waals surface area contributed by atoms with E-state index in [0.717, 1.165) is 45.4 Å². The lowest BCUT2D eigenvalue weighted by Gasteiger charge is -2.21. The molecule has 4 nitrogen and oxygen atoms in total. The van der Waals surface area contributed by atoms with Gasteiger partial charge in [-0.3, -0.25) is 9.59 Å². The third-order valence-electron chi connectivity index (χ3n) is 3.02. The second-order valence-corrected chi connectivity index (χ2v) is 5.76. The zero-order valence-corrected chi connectivity index (χ0v) is 12.9. The quantitative estimate of drug-likeness (QED) is 0.480. The molecule has 19 heavy (non-hydrogen) atoms. The van der Waals surface area contributed by atoms with E-state index < -0.39 is 0 Å². The molecule has 1 aliphatic heterocycles. The van der Waals surface area contributed by atoms with Crippen LogP contribution in [0.5, 0.6) is 0 Å². The van der Waals surface area contributed by atoms with Gasteiger partial charge in [0.1, 0.15) is 0 Å². The van der Waals surface area contributed by atoms with Gasteiger partial charge in [0, 0.05) is 38.3 Å². The summed E-state index contributed by atoms with van der Waals surface area (Å²) in [7, 11) is 0. The average molecular weight is 302 g/mol. The zero-order valence-electron chi connectivity index (χ0n) is 11.1. The predicted molar refractivity (Wildman–Crippen MR) is 83.1 cm³/mol. The van der Waals surface area contributed by atoms with Crippen molar-refractivity contribution in [3.8, 4) is 0 Å². The summed E-state index contributed by atoms with van der Waals surface area (Å²) >= 11 is 7.51. The molecule has 0 saturated heterocycles. The fraction of sp³-hybridized carbons (Fsp3) is 0.692. The van der Waals surface area contributed by atoms with Gasteiger partial charge in [0.25, 0.3) is 0 Å². The third kappa shape index (κ3) is 8.21. The molecular formula is C13H22N2O2S2. The Morgan fingerprint density at radius 1 is 0.842 bits per heavy atom. The maximum absolute atomic E-state index is 10.7. The highest BCUT2D eigenvalue weighted by Crippen LogP contribution is 2.10. The molecule has 0 bridgehead atoms. The summed E-state index contributed by atoms with van der Waals surface area (Å²) in [5.41, 5.74) is 0. The van der Waals surface area contributed by atoms with Crippen LogP contribution in [0.4, 0.5) is 0 Å². The first-order chi connectivity index (χ1) is 9.08. The number of carbonyl (C=O) groups is 2. The summed E-state index contributed by atoms with van der Waals surface area (Å²) < 4.78 is 0. The number of hydrogen-bond acceptors (Lipinski definition) is 4. The van der Waals surface area contributed by atoms with Gasteiger partial charge in [0.15, 0.2) is 10.2 Å². The van der Waals surface area contributed by atoms with Gasteiger partial charge in [-0.15, -0.1) is 25.3 Å². The van der Waals surface area contributed by atoms with Crippen molar-refractivity contribution in [2.45, 2.75) is 38.5 Å². The highest BCUT2D eigenvalue weighted by molar-refractivity contribution is 7.96. The van der Waals surface area contributed by atoms with E-state index in [1.807, 2.05) is 0 Å². The van der Waals surface area contributed by atoms with Crippen molar-refractivity contribution >= 4 is 35.5 Å². The largest absolute Gasteiger partial charge is 0.359 e. The molecule has 0 atom stereocenters. The molecule has 1 aliphatic rings. The Morgan fingerprint density at radius 2 is 1.26 bits per heavy atom. The monoisotopic (exact) mass is 302 g/mol. The van der Waals surface area contributed by atoms with Crippen LogP contribution in [0, 0.1) is 0 Å². The molecule has 0 fully saturated rings. The number of rotatable bonds is 10. The molecule has 108 valence electrons. The molecular weight excluding hydrogens is 280 g/mol. The molecule has 0 unspecified atom stereocenters. The van der Waals surface area contributed by atoms with Gasteiger partial charge in [-0.25, -0.2) is 0 Å². The molecule has 6 heteroatoms. The van der Waals surface area contributed by atoms with Gasteiger partial charge in [0.05, 0.1) is 6.67 Å². The maximum atomic E-state index is 10.7. The van der Waals surface area contributed by atoms with Crippen LogP contribution in [0.3, 0.4) is 0 Å². The number of unbranched alkanes of at least 4 members (excludes halogenated alkanes) is 2. The Morgan fingerprint density at radius 3 is 1.63 bits per heavy atom. The Balaban J connectivity index is 2.02. The topological polar surface area (TPSA) is 40.6 Å². The van der Waals surface area contributed by atoms with Gasteiger partial charge in [-0.1, -0.05) is 0 Å². The van der Waals surface area contributed by atoms with E-state index in [2.05, 4.69) is 47.5 Å². The van der Waals surface area contributed by atoms with Gasteiger partial charge in [-0.2, -0.15) is 0 Å². The predicted octanol–water partition coefficient (Wildman–Crippen LogP) is 2.29. The normalized spacial score (nSPS) is 14.2. The second-order valence-electron chi connectivity index (χ2n) is 4.77. The third-order valence-corrected chi connectivity index (χ3v) is 3.47. The number of nitrogens with zero attached hydrogens (tertiary/aromatic N) is 2. The average Bonchev–Trinajstić information content (AvgIpc) is 2.78. The van der Waals surface area contributed by atoms with E-state index in [-0.39, 0.29) is 10.2 Å². The van der Waals surface area contributed by atoms with Crippen LogP contribution in [0.1, 0.15) is 38.5 Å². The lowest BCUT2D eigenvalue weighted by Crippen LogP contribution is -2.26. The summed E-state index contributed by atoms with van der Waals surface area (Å²) in [4.78, 5) is 25.9. The molecule has 1 rings (SSSR count). The van der Waals surface area contributed by atoms with Crippen LogP contribution in [0.25, 0.3) is 0 Å². The first-order valence-electron chi connectivity index (χ1n) is 6.68. The van der Waals surface area contributed by atoms with Crippen molar-refractivity contribution in [3.05, 3.63) is 12.4 Å². The van der Waals surface area contributed by atoms with E-state index in [1.165, 1.54) is 0 Å². The molecule has 0 aromatic rings. The molecule has 0 aliphatic carbocycles. The Labute approximate surface area is 126 Å². The zero-order chi connectivity index (χ0) is 14.1. The van der Waals surface area contributed by atoms with Crippen LogP contribution >= 0.6 is 25.3 Å². The van der Waals surface area contributed by atoms with Crippen LogP contribution < -0.4 is 0 Å². The van der Waals surface area contributed by atoms with Crippen LogP contribution in [-0.4, -0.2) is 39.8 Å². The van der Waals surface area contributed by atoms with Crippen LogP contribution in [0.15, 0.2) is 12.4 Å². The highest BCUT2D eigenvalue weighted by atomic mass is 32.1. The van der Waals surface area contributed by atoms with Crippen molar-refractivity contribution in [3.63, 3.8) is 0 Å². The van der Waals surface area contributed by atoms with Gasteiger partial charge in [-0.05, 0) is 25.7 Å². The summed E-state index contributed by atoms with van der Waals surface area (Å²) in [6, 6.07) is 0. The Bertz CT molecular complexity index is 305. The van der Waals surface area contributed by atoms with Crippen LogP contribution in [0.2, 0.25) is 0 Å². The first kappa shape index (κ1) is 16.4. The molecule has 0 N–H and O–H groups in total. The smallest absolute Gasteiger partial charge is 0.185 e.